The number of ether oxygens (including phenoxy) is 1. The number of nitro groups is 1. The van der Waals surface area contributed by atoms with Crippen molar-refractivity contribution in [3.8, 4) is 6.07 Å². The molecule has 0 spiro atoms. The summed E-state index contributed by atoms with van der Waals surface area (Å²) in [7, 11) is 1.15. The van der Waals surface area contributed by atoms with Gasteiger partial charge in [0.2, 0.25) is 5.54 Å². The second-order valence-electron chi connectivity index (χ2n) is 3.62. The van der Waals surface area contributed by atoms with E-state index < -0.39 is 16.4 Å². The Morgan fingerprint density at radius 1 is 1.78 bits per heavy atom. The molecule has 0 N–H and O–H groups in total. The summed E-state index contributed by atoms with van der Waals surface area (Å²) >= 11 is 0. The van der Waals surface area contributed by atoms with Crippen LogP contribution >= 0.6 is 0 Å². The van der Waals surface area contributed by atoms with E-state index in [0.717, 1.165) is 18.0 Å². The van der Waals surface area contributed by atoms with Crippen LogP contribution in [0.3, 0.4) is 0 Å². The molecule has 0 aliphatic heterocycles. The minimum atomic E-state index is -1.67. The van der Waals surface area contributed by atoms with E-state index in [0.29, 0.717) is 0 Å². The first-order chi connectivity index (χ1) is 8.42. The highest BCUT2D eigenvalue weighted by Crippen LogP contribution is 2.25. The normalized spacial score (nSPS) is 13.4. The molecule has 0 saturated carbocycles. The van der Waals surface area contributed by atoms with Crippen LogP contribution in [0.25, 0.3) is 0 Å². The van der Waals surface area contributed by atoms with E-state index in [9.17, 15) is 20.2 Å². The van der Waals surface area contributed by atoms with Crippen molar-refractivity contribution in [3.05, 3.63) is 22.0 Å². The van der Waals surface area contributed by atoms with Crippen LogP contribution in [0, 0.1) is 28.4 Å². The summed E-state index contributed by atoms with van der Waals surface area (Å²) < 4.78 is 5.56. The number of carbonyl (C=O) groups excluding carboxylic acids is 1. The van der Waals surface area contributed by atoms with Gasteiger partial charge >= 0.3 is 11.7 Å². The van der Waals surface area contributed by atoms with E-state index in [2.05, 4.69) is 9.84 Å². The number of rotatable bonds is 4. The van der Waals surface area contributed by atoms with Crippen molar-refractivity contribution in [2.24, 2.45) is 0 Å². The lowest BCUT2D eigenvalue weighted by molar-refractivity contribution is -0.385. The van der Waals surface area contributed by atoms with E-state index in [4.69, 9.17) is 0 Å². The molecule has 0 aliphatic rings. The lowest BCUT2D eigenvalue weighted by Gasteiger charge is -2.21. The van der Waals surface area contributed by atoms with Gasteiger partial charge in [0, 0.05) is 0 Å². The van der Waals surface area contributed by atoms with Gasteiger partial charge in [0.15, 0.2) is 0 Å². The van der Waals surface area contributed by atoms with Crippen molar-refractivity contribution < 1.29 is 14.5 Å². The van der Waals surface area contributed by atoms with Gasteiger partial charge in [-0.25, -0.2) is 9.48 Å². The predicted octanol–water partition coefficient (Wildman–Crippen LogP) is 0.902. The molecule has 0 saturated heterocycles. The first kappa shape index (κ1) is 13.6. The average molecular weight is 252 g/mol. The van der Waals surface area contributed by atoms with Gasteiger partial charge in [-0.2, -0.15) is 10.4 Å². The number of nitrogens with zero attached hydrogens (tertiary/aromatic N) is 4. The number of aromatic nitrogens is 2. The van der Waals surface area contributed by atoms with Gasteiger partial charge < -0.3 is 4.74 Å². The Morgan fingerprint density at radius 3 is 2.72 bits per heavy atom. The van der Waals surface area contributed by atoms with Crippen LogP contribution in [0.15, 0.2) is 6.20 Å². The third-order valence-corrected chi connectivity index (χ3v) is 2.68. The second kappa shape index (κ2) is 4.83. The van der Waals surface area contributed by atoms with Crippen LogP contribution in [0.5, 0.6) is 0 Å². The Labute approximate surface area is 103 Å². The van der Waals surface area contributed by atoms with E-state index >= 15 is 0 Å². The first-order valence-corrected chi connectivity index (χ1v) is 5.13. The Kier molecular flexibility index (Phi) is 3.66. The largest absolute Gasteiger partial charge is 0.466 e. The second-order valence-corrected chi connectivity index (χ2v) is 3.62. The molecule has 0 fully saturated rings. The number of nitriles is 1. The predicted molar refractivity (Wildman–Crippen MR) is 59.5 cm³/mol. The molecule has 18 heavy (non-hydrogen) atoms. The summed E-state index contributed by atoms with van der Waals surface area (Å²) in [5.74, 6) is -0.801. The summed E-state index contributed by atoms with van der Waals surface area (Å²) in [5.41, 5.74) is -1.78. The molecule has 1 atom stereocenters. The molecule has 0 amide bonds. The summed E-state index contributed by atoms with van der Waals surface area (Å²) in [6.07, 6.45) is 1.16. The molecule has 0 aromatic carbocycles. The Balaban J connectivity index is 3.41. The van der Waals surface area contributed by atoms with Gasteiger partial charge in [0.05, 0.1) is 12.0 Å². The fourth-order valence-electron chi connectivity index (χ4n) is 1.57. The monoisotopic (exact) mass is 252 g/mol. The van der Waals surface area contributed by atoms with Gasteiger partial charge in [-0.15, -0.1) is 0 Å². The first-order valence-electron chi connectivity index (χ1n) is 5.13. The van der Waals surface area contributed by atoms with E-state index in [1.54, 1.807) is 6.92 Å². The lowest BCUT2D eigenvalue weighted by atomic mass is 9.99. The minimum Gasteiger partial charge on any atom is -0.466 e. The third-order valence-electron chi connectivity index (χ3n) is 2.68. The fourth-order valence-corrected chi connectivity index (χ4v) is 1.57. The smallest absolute Gasteiger partial charge is 0.348 e. The quantitative estimate of drug-likeness (QED) is 0.447. The molecular formula is C10H12N4O4. The SMILES string of the molecule is CCC(C#N)(C(=O)OC)n1cc([N+](=O)[O-])c(C)n1. The molecule has 0 aliphatic carbocycles. The zero-order chi connectivity index (χ0) is 13.9. The molecule has 1 rings (SSSR count). The van der Waals surface area contributed by atoms with Gasteiger partial charge in [-0.1, -0.05) is 6.92 Å². The van der Waals surface area contributed by atoms with E-state index in [1.165, 1.54) is 6.92 Å². The molecular weight excluding hydrogens is 240 g/mol. The standard InChI is InChI=1S/C10H12N4O4/c1-4-10(6-11,9(15)18-3)13-5-8(14(16)17)7(2)12-13/h5H,4H2,1-3H3. The van der Waals surface area contributed by atoms with Gasteiger partial charge in [-0.3, -0.25) is 10.1 Å². The lowest BCUT2D eigenvalue weighted by Crippen LogP contribution is -2.41. The zero-order valence-electron chi connectivity index (χ0n) is 10.2. The van der Waals surface area contributed by atoms with Crippen molar-refractivity contribution in [2.45, 2.75) is 25.8 Å². The number of esters is 1. The molecule has 8 nitrogen and oxygen atoms in total. The topological polar surface area (TPSA) is 111 Å². The molecule has 1 unspecified atom stereocenters. The van der Waals surface area contributed by atoms with Gasteiger partial charge in [0.25, 0.3) is 0 Å². The highest BCUT2D eigenvalue weighted by molar-refractivity contribution is 5.82. The molecule has 8 heteroatoms. The number of methoxy groups -OCH3 is 1. The van der Waals surface area contributed by atoms with Crippen LogP contribution in [0.4, 0.5) is 5.69 Å². The maximum atomic E-state index is 11.7. The van der Waals surface area contributed by atoms with Crippen molar-refractivity contribution in [3.63, 3.8) is 0 Å². The van der Waals surface area contributed by atoms with Crippen molar-refractivity contribution >= 4 is 11.7 Å². The maximum Gasteiger partial charge on any atom is 0.348 e. The van der Waals surface area contributed by atoms with Crippen molar-refractivity contribution in [2.75, 3.05) is 7.11 Å². The highest BCUT2D eigenvalue weighted by Gasteiger charge is 2.42. The molecule has 0 bridgehead atoms. The van der Waals surface area contributed by atoms with Gasteiger partial charge in [0.1, 0.15) is 18.0 Å². The maximum absolute atomic E-state index is 11.7. The number of hydrogen-bond donors (Lipinski definition) is 0. The summed E-state index contributed by atoms with van der Waals surface area (Å²) in [4.78, 5) is 21.8. The Hall–Kier alpha value is -2.43. The van der Waals surface area contributed by atoms with E-state index in [1.807, 2.05) is 6.07 Å². The summed E-state index contributed by atoms with van der Waals surface area (Å²) in [6.45, 7) is 3.03. The van der Waals surface area contributed by atoms with Crippen LogP contribution < -0.4 is 0 Å². The average Bonchev–Trinajstić information content (AvgIpc) is 2.74. The molecule has 1 heterocycles. The van der Waals surface area contributed by atoms with Crippen molar-refractivity contribution in [1.29, 1.82) is 5.26 Å². The van der Waals surface area contributed by atoms with Gasteiger partial charge in [-0.05, 0) is 13.3 Å². The molecule has 1 aromatic heterocycles. The highest BCUT2D eigenvalue weighted by atomic mass is 16.6. The van der Waals surface area contributed by atoms with Crippen molar-refractivity contribution in [1.82, 2.24) is 9.78 Å². The summed E-state index contributed by atoms with van der Waals surface area (Å²) in [5, 5.41) is 23.8. The van der Waals surface area contributed by atoms with Crippen LogP contribution in [0.1, 0.15) is 19.0 Å². The summed E-state index contributed by atoms with van der Waals surface area (Å²) in [6, 6.07) is 1.82. The number of aryl methyl sites for hydroxylation is 1. The molecule has 96 valence electrons. The third kappa shape index (κ3) is 1.90. The molecule has 0 radical (unpaired) electrons. The fraction of sp³-hybridized carbons (Fsp3) is 0.500. The minimum absolute atomic E-state index is 0.0917. The van der Waals surface area contributed by atoms with Crippen LogP contribution in [0.2, 0.25) is 0 Å². The Bertz CT molecular complexity index is 530. The zero-order valence-corrected chi connectivity index (χ0v) is 10.2. The van der Waals surface area contributed by atoms with Crippen LogP contribution in [-0.4, -0.2) is 27.8 Å². The Morgan fingerprint density at radius 2 is 2.39 bits per heavy atom. The molecule has 1 aromatic rings. The van der Waals surface area contributed by atoms with E-state index in [-0.39, 0.29) is 17.8 Å². The number of carbonyl (C=O) groups is 1. The number of hydrogen-bond acceptors (Lipinski definition) is 6. The van der Waals surface area contributed by atoms with Crippen LogP contribution in [-0.2, 0) is 15.1 Å².